The van der Waals surface area contributed by atoms with E-state index in [1.807, 2.05) is 4.68 Å². The van der Waals surface area contributed by atoms with Crippen LogP contribution in [0.15, 0.2) is 29.0 Å². The molecule has 8 heteroatoms. The minimum absolute atomic E-state index is 0.0499. The molecule has 0 unspecified atom stereocenters. The summed E-state index contributed by atoms with van der Waals surface area (Å²) in [6.07, 6.45) is 3.37. The van der Waals surface area contributed by atoms with E-state index in [0.29, 0.717) is 10.2 Å². The van der Waals surface area contributed by atoms with E-state index in [4.69, 9.17) is 0 Å². The quantitative estimate of drug-likeness (QED) is 0.687. The van der Waals surface area contributed by atoms with Crippen molar-refractivity contribution >= 4 is 27.3 Å². The molecule has 0 amide bonds. The summed E-state index contributed by atoms with van der Waals surface area (Å²) in [7, 11) is 0. The Bertz CT molecular complexity index is 657. The molecule has 0 saturated carbocycles. The highest BCUT2D eigenvalue weighted by Gasteiger charge is 2.25. The van der Waals surface area contributed by atoms with Crippen LogP contribution in [0.5, 0.6) is 0 Å². The van der Waals surface area contributed by atoms with Gasteiger partial charge in [-0.05, 0) is 25.0 Å². The molecule has 0 fully saturated rings. The first-order valence-electron chi connectivity index (χ1n) is 6.23. The van der Waals surface area contributed by atoms with Crippen LogP contribution in [0.1, 0.15) is 24.7 Å². The fourth-order valence-electron chi connectivity index (χ4n) is 2.39. The number of hydrogen-bond donors (Lipinski definition) is 1. The Labute approximate surface area is 123 Å². The Balaban J connectivity index is 1.92. The van der Waals surface area contributed by atoms with Gasteiger partial charge in [0.25, 0.3) is 5.69 Å². The molecule has 104 valence electrons. The normalized spacial score (nSPS) is 17.6. The maximum absolute atomic E-state index is 11.1. The van der Waals surface area contributed by atoms with E-state index in [0.717, 1.165) is 25.2 Å². The van der Waals surface area contributed by atoms with E-state index in [-0.39, 0.29) is 16.7 Å². The van der Waals surface area contributed by atoms with Gasteiger partial charge in [0.1, 0.15) is 17.8 Å². The van der Waals surface area contributed by atoms with Crippen LogP contribution in [0.2, 0.25) is 0 Å². The average Bonchev–Trinajstić information content (AvgIpc) is 2.90. The van der Waals surface area contributed by atoms with Gasteiger partial charge in [-0.2, -0.15) is 5.10 Å². The molecule has 1 aromatic heterocycles. The van der Waals surface area contributed by atoms with Gasteiger partial charge in [-0.3, -0.25) is 10.1 Å². The zero-order valence-corrected chi connectivity index (χ0v) is 12.1. The number of anilines is 1. The highest BCUT2D eigenvalue weighted by atomic mass is 79.9. The lowest BCUT2D eigenvalue weighted by atomic mass is 10.1. The Hall–Kier alpha value is -1.96. The Morgan fingerprint density at radius 1 is 1.50 bits per heavy atom. The van der Waals surface area contributed by atoms with Crippen molar-refractivity contribution in [3.63, 3.8) is 0 Å². The molecular weight excluding hydrogens is 326 g/mol. The maximum Gasteiger partial charge on any atom is 0.293 e. The third-order valence-electron chi connectivity index (χ3n) is 3.31. The lowest BCUT2D eigenvalue weighted by Gasteiger charge is -2.23. The highest BCUT2D eigenvalue weighted by Crippen LogP contribution is 2.33. The maximum atomic E-state index is 11.1. The minimum atomic E-state index is -0.388. The predicted octanol–water partition coefficient (Wildman–Crippen LogP) is 2.90. The molecule has 0 radical (unpaired) electrons. The lowest BCUT2D eigenvalue weighted by molar-refractivity contribution is -0.384. The van der Waals surface area contributed by atoms with Crippen LogP contribution in [0.25, 0.3) is 0 Å². The van der Waals surface area contributed by atoms with Gasteiger partial charge in [0.2, 0.25) is 0 Å². The van der Waals surface area contributed by atoms with E-state index in [1.54, 1.807) is 12.1 Å². The van der Waals surface area contributed by atoms with Crippen LogP contribution in [0, 0.1) is 10.1 Å². The monoisotopic (exact) mass is 337 g/mol. The number of nitro benzene ring substituents is 1. The Kier molecular flexibility index (Phi) is 3.39. The van der Waals surface area contributed by atoms with Crippen LogP contribution < -0.4 is 5.32 Å². The smallest absolute Gasteiger partial charge is 0.293 e. The number of fused-ring (bicyclic) bond motifs is 1. The first-order valence-corrected chi connectivity index (χ1v) is 7.02. The standard InChI is InChI=1S/C12H12BrN5O2/c13-8-3-4-9(11(6-8)18(19)20)16-10-2-1-5-17-12(10)14-7-15-17/h3-4,6-7,10,16H,1-2,5H2/t10-/m1/s1. The Morgan fingerprint density at radius 2 is 2.35 bits per heavy atom. The SMILES string of the molecule is O=[N+]([O-])c1cc(Br)ccc1N[C@@H]1CCCn2ncnc21. The minimum Gasteiger partial charge on any atom is -0.370 e. The molecule has 20 heavy (non-hydrogen) atoms. The summed E-state index contributed by atoms with van der Waals surface area (Å²) in [4.78, 5) is 15.0. The fraction of sp³-hybridized carbons (Fsp3) is 0.333. The van der Waals surface area contributed by atoms with Crippen molar-refractivity contribution in [3.8, 4) is 0 Å². The molecule has 2 heterocycles. The molecule has 7 nitrogen and oxygen atoms in total. The van der Waals surface area contributed by atoms with E-state index < -0.39 is 0 Å². The number of nitrogens with one attached hydrogen (secondary N) is 1. The molecule has 0 bridgehead atoms. The van der Waals surface area contributed by atoms with Gasteiger partial charge < -0.3 is 5.32 Å². The third-order valence-corrected chi connectivity index (χ3v) is 3.80. The summed E-state index contributed by atoms with van der Waals surface area (Å²) >= 11 is 3.25. The van der Waals surface area contributed by atoms with Crippen molar-refractivity contribution in [2.75, 3.05) is 5.32 Å². The zero-order valence-electron chi connectivity index (χ0n) is 10.5. The summed E-state index contributed by atoms with van der Waals surface area (Å²) in [5.74, 6) is 0.827. The molecule has 2 aromatic rings. The van der Waals surface area contributed by atoms with E-state index in [1.165, 1.54) is 12.4 Å². The predicted molar refractivity (Wildman–Crippen MR) is 76.4 cm³/mol. The summed E-state index contributed by atoms with van der Waals surface area (Å²) in [5, 5.41) is 18.5. The molecule has 1 atom stereocenters. The third kappa shape index (κ3) is 2.38. The first kappa shape index (κ1) is 13.0. The van der Waals surface area contributed by atoms with Crippen LogP contribution in [0.4, 0.5) is 11.4 Å². The second-order valence-electron chi connectivity index (χ2n) is 4.60. The van der Waals surface area contributed by atoms with Crippen molar-refractivity contribution in [1.82, 2.24) is 14.8 Å². The van der Waals surface area contributed by atoms with Gasteiger partial charge in [0.15, 0.2) is 0 Å². The summed E-state index contributed by atoms with van der Waals surface area (Å²) in [6.45, 7) is 0.843. The topological polar surface area (TPSA) is 85.9 Å². The Morgan fingerprint density at radius 3 is 3.15 bits per heavy atom. The molecule has 3 rings (SSSR count). The van der Waals surface area contributed by atoms with Crippen LogP contribution in [-0.4, -0.2) is 19.7 Å². The van der Waals surface area contributed by atoms with Crippen molar-refractivity contribution in [1.29, 1.82) is 0 Å². The average molecular weight is 338 g/mol. The first-order chi connectivity index (χ1) is 9.65. The number of nitrogens with zero attached hydrogens (tertiary/aromatic N) is 4. The lowest BCUT2D eigenvalue weighted by Crippen LogP contribution is -2.23. The number of aromatic nitrogens is 3. The summed E-state index contributed by atoms with van der Waals surface area (Å²) in [5.41, 5.74) is 0.552. The van der Waals surface area contributed by atoms with Crippen LogP contribution >= 0.6 is 15.9 Å². The largest absolute Gasteiger partial charge is 0.370 e. The number of rotatable bonds is 3. The summed E-state index contributed by atoms with van der Waals surface area (Å²) in [6, 6.07) is 4.93. The molecule has 0 spiro atoms. The van der Waals surface area contributed by atoms with Gasteiger partial charge >= 0.3 is 0 Å². The van der Waals surface area contributed by atoms with Crippen molar-refractivity contribution in [3.05, 3.63) is 44.9 Å². The fourth-order valence-corrected chi connectivity index (χ4v) is 2.74. The van der Waals surface area contributed by atoms with Gasteiger partial charge in [0.05, 0.1) is 11.0 Å². The van der Waals surface area contributed by atoms with E-state index in [2.05, 4.69) is 31.3 Å². The molecule has 1 aliphatic rings. The molecule has 1 aromatic carbocycles. The van der Waals surface area contributed by atoms with Crippen LogP contribution in [-0.2, 0) is 6.54 Å². The van der Waals surface area contributed by atoms with E-state index >= 15 is 0 Å². The summed E-state index contributed by atoms with van der Waals surface area (Å²) < 4.78 is 2.52. The molecule has 0 saturated heterocycles. The van der Waals surface area contributed by atoms with Gasteiger partial charge in [-0.25, -0.2) is 9.67 Å². The second kappa shape index (κ2) is 5.20. The number of aryl methyl sites for hydroxylation is 1. The van der Waals surface area contributed by atoms with Gasteiger partial charge in [0, 0.05) is 17.1 Å². The van der Waals surface area contributed by atoms with Crippen molar-refractivity contribution in [2.45, 2.75) is 25.4 Å². The van der Waals surface area contributed by atoms with Gasteiger partial charge in [-0.15, -0.1) is 0 Å². The molecule has 1 N–H and O–H groups in total. The van der Waals surface area contributed by atoms with E-state index in [9.17, 15) is 10.1 Å². The van der Waals surface area contributed by atoms with Crippen molar-refractivity contribution < 1.29 is 4.92 Å². The van der Waals surface area contributed by atoms with Crippen LogP contribution in [0.3, 0.4) is 0 Å². The molecule has 0 aliphatic carbocycles. The number of hydrogen-bond acceptors (Lipinski definition) is 5. The number of benzene rings is 1. The van der Waals surface area contributed by atoms with Crippen molar-refractivity contribution in [2.24, 2.45) is 0 Å². The highest BCUT2D eigenvalue weighted by molar-refractivity contribution is 9.10. The van der Waals surface area contributed by atoms with Gasteiger partial charge in [-0.1, -0.05) is 15.9 Å². The second-order valence-corrected chi connectivity index (χ2v) is 5.51. The number of nitro groups is 1. The number of halogens is 1. The molecular formula is C12H12BrN5O2. The molecule has 1 aliphatic heterocycles. The zero-order chi connectivity index (χ0) is 14.1.